The Labute approximate surface area is 163 Å². The molecule has 0 spiro atoms. The molecular weight excluding hydrogens is 357 g/mol. The number of rotatable bonds is 3. The molecule has 1 atom stereocenters. The Bertz CT molecular complexity index is 982. The summed E-state index contributed by atoms with van der Waals surface area (Å²) in [6.07, 6.45) is 2.52. The van der Waals surface area contributed by atoms with Crippen LogP contribution in [0.5, 0.6) is 0 Å². The molecular formula is C22H22FN3O2. The zero-order chi connectivity index (χ0) is 19.8. The molecule has 6 heteroatoms. The lowest BCUT2D eigenvalue weighted by atomic mass is 10.0. The Hall–Kier alpha value is -3.02. The van der Waals surface area contributed by atoms with Gasteiger partial charge in [0.05, 0.1) is 17.3 Å². The third-order valence-electron chi connectivity index (χ3n) is 5.47. The van der Waals surface area contributed by atoms with E-state index in [-0.39, 0.29) is 30.1 Å². The van der Waals surface area contributed by atoms with E-state index in [1.165, 1.54) is 24.3 Å². The lowest BCUT2D eigenvalue weighted by molar-refractivity contribution is -0.122. The Morgan fingerprint density at radius 1 is 1.21 bits per heavy atom. The minimum Gasteiger partial charge on any atom is -0.325 e. The van der Waals surface area contributed by atoms with E-state index in [1.54, 1.807) is 4.90 Å². The van der Waals surface area contributed by atoms with E-state index < -0.39 is 0 Å². The predicted octanol–water partition coefficient (Wildman–Crippen LogP) is 4.30. The van der Waals surface area contributed by atoms with Crippen LogP contribution in [0.15, 0.2) is 41.4 Å². The largest absolute Gasteiger partial charge is 0.325 e. The van der Waals surface area contributed by atoms with Gasteiger partial charge in [-0.15, -0.1) is 0 Å². The molecule has 1 N–H and O–H groups in total. The molecule has 2 aromatic rings. The van der Waals surface area contributed by atoms with E-state index >= 15 is 0 Å². The van der Waals surface area contributed by atoms with Crippen molar-refractivity contribution in [2.45, 2.75) is 33.1 Å². The summed E-state index contributed by atoms with van der Waals surface area (Å²) < 4.78 is 13.1. The number of nitrogens with one attached hydrogen (secondary N) is 1. The molecule has 2 aromatic carbocycles. The lowest BCUT2D eigenvalue weighted by Gasteiger charge is -2.25. The molecule has 1 heterocycles. The summed E-state index contributed by atoms with van der Waals surface area (Å²) in [5, 5.41) is 2.74. The summed E-state index contributed by atoms with van der Waals surface area (Å²) in [6, 6.07) is 9.48. The molecule has 1 fully saturated rings. The molecule has 4 rings (SSSR count). The van der Waals surface area contributed by atoms with Crippen molar-refractivity contribution in [3.05, 3.63) is 53.3 Å². The van der Waals surface area contributed by atoms with Crippen molar-refractivity contribution in [3.8, 4) is 0 Å². The maximum Gasteiger partial charge on any atom is 0.244 e. The summed E-state index contributed by atoms with van der Waals surface area (Å²) in [4.78, 5) is 32.2. The molecule has 0 radical (unpaired) electrons. The van der Waals surface area contributed by atoms with Crippen molar-refractivity contribution in [3.63, 3.8) is 0 Å². The number of aryl methyl sites for hydroxylation is 2. The molecule has 2 aliphatic rings. The summed E-state index contributed by atoms with van der Waals surface area (Å²) in [6.45, 7) is 3.89. The number of halogens is 1. The van der Waals surface area contributed by atoms with Gasteiger partial charge >= 0.3 is 0 Å². The average Bonchev–Trinajstić information content (AvgIpc) is 3.09. The van der Waals surface area contributed by atoms with Crippen LogP contribution in [0.1, 0.15) is 30.4 Å². The first-order chi connectivity index (χ1) is 13.4. The molecule has 1 aliphatic heterocycles. The maximum atomic E-state index is 13.2. The summed E-state index contributed by atoms with van der Waals surface area (Å²) in [7, 11) is 0. The van der Waals surface area contributed by atoms with Gasteiger partial charge in [-0.1, -0.05) is 0 Å². The van der Waals surface area contributed by atoms with Crippen LogP contribution < -0.4 is 10.2 Å². The van der Waals surface area contributed by atoms with Gasteiger partial charge in [-0.3, -0.25) is 14.6 Å². The van der Waals surface area contributed by atoms with Gasteiger partial charge in [-0.25, -0.2) is 4.39 Å². The number of carbonyl (C=O) groups is 2. The predicted molar refractivity (Wildman–Crippen MR) is 108 cm³/mol. The fourth-order valence-corrected chi connectivity index (χ4v) is 3.82. The fraction of sp³-hybridized carbons (Fsp3) is 0.318. The van der Waals surface area contributed by atoms with Crippen LogP contribution in [0.3, 0.4) is 0 Å². The van der Waals surface area contributed by atoms with Gasteiger partial charge in [-0.2, -0.15) is 0 Å². The minimum absolute atomic E-state index is 0.0764. The molecule has 0 unspecified atom stereocenters. The van der Waals surface area contributed by atoms with Gasteiger partial charge in [0.15, 0.2) is 0 Å². The van der Waals surface area contributed by atoms with Crippen LogP contribution in [-0.2, 0) is 9.59 Å². The number of carbonyl (C=O) groups excluding carboxylic acids is 2. The quantitative estimate of drug-likeness (QED) is 0.864. The maximum absolute atomic E-state index is 13.2. The first-order valence-electron chi connectivity index (χ1n) is 9.48. The van der Waals surface area contributed by atoms with E-state index in [1.807, 2.05) is 26.0 Å². The minimum atomic E-state index is -0.369. The zero-order valence-corrected chi connectivity index (χ0v) is 16.0. The topological polar surface area (TPSA) is 61.8 Å². The van der Waals surface area contributed by atoms with Gasteiger partial charge in [0.25, 0.3) is 0 Å². The van der Waals surface area contributed by atoms with Gasteiger partial charge in [0.2, 0.25) is 11.8 Å². The number of nitrogens with zero attached hydrogens (tertiary/aromatic N) is 2. The molecule has 2 amide bonds. The van der Waals surface area contributed by atoms with Crippen LogP contribution in [0, 0.1) is 25.6 Å². The molecule has 28 heavy (non-hydrogen) atoms. The van der Waals surface area contributed by atoms with Crippen molar-refractivity contribution < 1.29 is 14.0 Å². The second-order valence-corrected chi connectivity index (χ2v) is 7.45. The fourth-order valence-electron chi connectivity index (χ4n) is 3.82. The van der Waals surface area contributed by atoms with Crippen molar-refractivity contribution in [1.29, 1.82) is 0 Å². The van der Waals surface area contributed by atoms with Crippen LogP contribution in [0.4, 0.5) is 21.5 Å². The van der Waals surface area contributed by atoms with Crippen LogP contribution in [-0.4, -0.2) is 24.1 Å². The smallest absolute Gasteiger partial charge is 0.244 e. The van der Waals surface area contributed by atoms with Crippen LogP contribution >= 0.6 is 0 Å². The number of aliphatic imine (C=N–C) groups is 1. The number of anilines is 2. The van der Waals surface area contributed by atoms with Crippen molar-refractivity contribution >= 4 is 34.6 Å². The van der Waals surface area contributed by atoms with E-state index in [2.05, 4.69) is 5.32 Å². The zero-order valence-electron chi connectivity index (χ0n) is 16.0. The summed E-state index contributed by atoms with van der Waals surface area (Å²) in [5.74, 6) is -1.03. The summed E-state index contributed by atoms with van der Waals surface area (Å²) >= 11 is 0. The number of fused-ring (bicyclic) bond motifs is 2. The Balaban J connectivity index is 1.65. The number of benzene rings is 2. The molecule has 0 bridgehead atoms. The third kappa shape index (κ3) is 3.42. The van der Waals surface area contributed by atoms with Crippen molar-refractivity contribution in [1.82, 2.24) is 0 Å². The molecule has 0 aromatic heterocycles. The molecule has 0 saturated heterocycles. The van der Waals surface area contributed by atoms with Crippen molar-refractivity contribution in [2.75, 3.05) is 16.8 Å². The monoisotopic (exact) mass is 379 g/mol. The Morgan fingerprint density at radius 2 is 1.93 bits per heavy atom. The van der Waals surface area contributed by atoms with Gasteiger partial charge < -0.3 is 10.2 Å². The van der Waals surface area contributed by atoms with Crippen LogP contribution in [0.2, 0.25) is 0 Å². The second kappa shape index (κ2) is 7.19. The normalized spacial score (nSPS) is 18.2. The first-order valence-corrected chi connectivity index (χ1v) is 9.48. The SMILES string of the molecule is Cc1cc2c(cc1C)N(CC(=O)Nc1ccc(F)cc1)C(=O)[C@H]1CCCC1=N2. The van der Waals surface area contributed by atoms with E-state index in [0.717, 1.165) is 41.8 Å². The Morgan fingerprint density at radius 3 is 2.68 bits per heavy atom. The standard InChI is InChI=1S/C22H22FN3O2/c1-13-10-19-20(11-14(13)2)26(22(28)17-4-3-5-18(17)25-19)12-21(27)24-16-8-6-15(23)7-9-16/h6-11,17H,3-5,12H2,1-2H3,(H,24,27)/t17-/m0/s1. The van der Waals surface area contributed by atoms with E-state index in [0.29, 0.717) is 11.4 Å². The molecule has 1 aliphatic carbocycles. The number of amides is 2. The highest BCUT2D eigenvalue weighted by Crippen LogP contribution is 2.39. The average molecular weight is 379 g/mol. The van der Waals surface area contributed by atoms with E-state index in [4.69, 9.17) is 4.99 Å². The van der Waals surface area contributed by atoms with Crippen molar-refractivity contribution in [2.24, 2.45) is 10.9 Å². The van der Waals surface area contributed by atoms with Gasteiger partial charge in [0.1, 0.15) is 12.4 Å². The van der Waals surface area contributed by atoms with Gasteiger partial charge in [-0.05, 0) is 80.6 Å². The molecule has 1 saturated carbocycles. The number of hydrogen-bond acceptors (Lipinski definition) is 3. The highest BCUT2D eigenvalue weighted by molar-refractivity contribution is 6.16. The lowest BCUT2D eigenvalue weighted by Crippen LogP contribution is -2.42. The number of hydrogen-bond donors (Lipinski definition) is 1. The van der Waals surface area contributed by atoms with Crippen LogP contribution in [0.25, 0.3) is 0 Å². The Kier molecular flexibility index (Phi) is 4.71. The van der Waals surface area contributed by atoms with Gasteiger partial charge in [0, 0.05) is 11.4 Å². The summed E-state index contributed by atoms with van der Waals surface area (Å²) in [5.41, 5.74) is 4.96. The highest BCUT2D eigenvalue weighted by Gasteiger charge is 2.37. The second-order valence-electron chi connectivity index (χ2n) is 7.45. The molecule has 5 nitrogen and oxygen atoms in total. The highest BCUT2D eigenvalue weighted by atomic mass is 19.1. The van der Waals surface area contributed by atoms with E-state index in [9.17, 15) is 14.0 Å². The third-order valence-corrected chi connectivity index (χ3v) is 5.47. The first kappa shape index (κ1) is 18.3. The molecule has 144 valence electrons.